The zero-order valence-electron chi connectivity index (χ0n) is 11.3. The zero-order chi connectivity index (χ0) is 14.5. The predicted octanol–water partition coefficient (Wildman–Crippen LogP) is 4.19. The summed E-state index contributed by atoms with van der Waals surface area (Å²) in [4.78, 5) is 13.4. The molecule has 0 bridgehead atoms. The number of allylic oxidation sites excluding steroid dienone is 2. The second kappa shape index (κ2) is 7.20. The number of amides is 1. The van der Waals surface area contributed by atoms with Gasteiger partial charge in [0.1, 0.15) is 0 Å². The van der Waals surface area contributed by atoms with Crippen molar-refractivity contribution in [3.8, 4) is 0 Å². The number of nitrogens with zero attached hydrogens (tertiary/aromatic N) is 2. The summed E-state index contributed by atoms with van der Waals surface area (Å²) in [5.74, 6) is 1.03. The first-order chi connectivity index (χ1) is 10.3. The van der Waals surface area contributed by atoms with Gasteiger partial charge in [0.15, 0.2) is 4.34 Å². The summed E-state index contributed by atoms with van der Waals surface area (Å²) < 4.78 is 0.891. The van der Waals surface area contributed by atoms with E-state index in [9.17, 15) is 4.79 Å². The van der Waals surface area contributed by atoms with Gasteiger partial charge in [-0.3, -0.25) is 4.79 Å². The molecule has 21 heavy (non-hydrogen) atoms. The van der Waals surface area contributed by atoms with Crippen LogP contribution in [0.3, 0.4) is 0 Å². The van der Waals surface area contributed by atoms with E-state index < -0.39 is 0 Å². The first-order valence-electron chi connectivity index (χ1n) is 6.76. The molecule has 7 heteroatoms. The number of thiophene rings is 1. The highest BCUT2D eigenvalue weighted by Crippen LogP contribution is 2.30. The number of nitrogens with one attached hydrogen (secondary N) is 1. The van der Waals surface area contributed by atoms with Crippen molar-refractivity contribution < 1.29 is 4.79 Å². The maximum atomic E-state index is 12.1. The van der Waals surface area contributed by atoms with Crippen molar-refractivity contribution in [3.05, 3.63) is 34.5 Å². The van der Waals surface area contributed by atoms with E-state index in [1.807, 2.05) is 6.07 Å². The molecule has 0 aromatic carbocycles. The maximum Gasteiger partial charge on any atom is 0.229 e. The molecular weight excluding hydrogens is 322 g/mol. The normalized spacial score (nSPS) is 17.8. The Morgan fingerprint density at radius 1 is 1.43 bits per heavy atom. The largest absolute Gasteiger partial charge is 0.300 e. The quantitative estimate of drug-likeness (QED) is 0.505. The average Bonchev–Trinajstić information content (AvgIpc) is 3.17. The van der Waals surface area contributed by atoms with E-state index in [1.54, 1.807) is 23.1 Å². The third-order valence-corrected chi connectivity index (χ3v) is 6.27. The van der Waals surface area contributed by atoms with Crippen LogP contribution in [0, 0.1) is 5.92 Å². The van der Waals surface area contributed by atoms with E-state index >= 15 is 0 Å². The number of hydrogen-bond acceptors (Lipinski definition) is 6. The van der Waals surface area contributed by atoms with Crippen LogP contribution in [0.4, 0.5) is 5.13 Å². The van der Waals surface area contributed by atoms with E-state index in [0.717, 1.165) is 29.4 Å². The van der Waals surface area contributed by atoms with Crippen molar-refractivity contribution in [2.45, 2.75) is 29.4 Å². The summed E-state index contributed by atoms with van der Waals surface area (Å²) in [6, 6.07) is 4.16. The van der Waals surface area contributed by atoms with Gasteiger partial charge in [-0.2, -0.15) is 0 Å². The molecule has 1 aliphatic rings. The number of thioether (sulfide) groups is 1. The third-order valence-electron chi connectivity index (χ3n) is 3.19. The number of carbonyl (C=O) groups is 1. The second-order valence-corrected chi connectivity index (χ2v) is 7.94. The zero-order valence-corrected chi connectivity index (χ0v) is 13.8. The minimum atomic E-state index is 0.0605. The molecule has 2 aromatic rings. The number of hydrogen-bond donors (Lipinski definition) is 1. The Kier molecular flexibility index (Phi) is 5.05. The van der Waals surface area contributed by atoms with Gasteiger partial charge >= 0.3 is 0 Å². The minimum absolute atomic E-state index is 0.0605. The maximum absolute atomic E-state index is 12.1. The van der Waals surface area contributed by atoms with Gasteiger partial charge in [0.05, 0.1) is 0 Å². The van der Waals surface area contributed by atoms with Crippen molar-refractivity contribution in [1.29, 1.82) is 0 Å². The highest BCUT2D eigenvalue weighted by molar-refractivity contribution is 8.00. The molecule has 1 atom stereocenters. The van der Waals surface area contributed by atoms with Crippen molar-refractivity contribution in [2.24, 2.45) is 5.92 Å². The fourth-order valence-corrected chi connectivity index (χ4v) is 4.61. The summed E-state index contributed by atoms with van der Waals surface area (Å²) in [5, 5.41) is 13.7. The standard InChI is InChI=1S/C14H15N3OS3/c18-12(10-5-2-1-3-6-10)15-13-16-17-14(21-13)20-9-11-7-4-8-19-11/h1-2,4,7-8,10H,3,5-6,9H2,(H,15,16,18). The van der Waals surface area contributed by atoms with Crippen molar-refractivity contribution in [3.63, 3.8) is 0 Å². The average molecular weight is 337 g/mol. The number of aromatic nitrogens is 2. The SMILES string of the molecule is O=C(Nc1nnc(SCc2cccs2)s1)C1CC=CCC1. The van der Waals surface area contributed by atoms with Crippen LogP contribution in [0.1, 0.15) is 24.1 Å². The van der Waals surface area contributed by atoms with E-state index in [-0.39, 0.29) is 11.8 Å². The molecule has 3 rings (SSSR count). The summed E-state index contributed by atoms with van der Waals surface area (Å²) in [7, 11) is 0. The monoisotopic (exact) mass is 337 g/mol. The van der Waals surface area contributed by atoms with Crippen LogP contribution in [0.5, 0.6) is 0 Å². The first kappa shape index (κ1) is 14.7. The summed E-state index contributed by atoms with van der Waals surface area (Å²) in [6.45, 7) is 0. The fraction of sp³-hybridized carbons (Fsp3) is 0.357. The Hall–Kier alpha value is -1.18. The van der Waals surface area contributed by atoms with Crippen LogP contribution in [-0.2, 0) is 10.5 Å². The molecule has 0 aliphatic heterocycles. The summed E-state index contributed by atoms with van der Waals surface area (Å²) in [5.41, 5.74) is 0. The molecule has 0 saturated carbocycles. The lowest BCUT2D eigenvalue weighted by Gasteiger charge is -2.15. The van der Waals surface area contributed by atoms with Crippen LogP contribution in [0.2, 0.25) is 0 Å². The molecule has 2 heterocycles. The van der Waals surface area contributed by atoms with Gasteiger partial charge in [-0.15, -0.1) is 21.5 Å². The van der Waals surface area contributed by atoms with Crippen molar-refractivity contribution in [1.82, 2.24) is 10.2 Å². The Bertz CT molecular complexity index is 621. The van der Waals surface area contributed by atoms with E-state index in [4.69, 9.17) is 0 Å². The first-order valence-corrected chi connectivity index (χ1v) is 9.44. The van der Waals surface area contributed by atoms with E-state index in [1.165, 1.54) is 16.2 Å². The molecule has 0 fully saturated rings. The van der Waals surface area contributed by atoms with Gasteiger partial charge in [-0.05, 0) is 30.7 Å². The molecule has 1 unspecified atom stereocenters. The van der Waals surface area contributed by atoms with Gasteiger partial charge in [-0.1, -0.05) is 41.3 Å². The molecule has 0 saturated heterocycles. The molecule has 0 spiro atoms. The van der Waals surface area contributed by atoms with Gasteiger partial charge < -0.3 is 5.32 Å². The summed E-state index contributed by atoms with van der Waals surface area (Å²) >= 11 is 4.83. The lowest BCUT2D eigenvalue weighted by atomic mass is 9.94. The van der Waals surface area contributed by atoms with Crippen LogP contribution in [-0.4, -0.2) is 16.1 Å². The topological polar surface area (TPSA) is 54.9 Å². The number of anilines is 1. The van der Waals surface area contributed by atoms with Crippen molar-refractivity contribution in [2.75, 3.05) is 5.32 Å². The van der Waals surface area contributed by atoms with Gasteiger partial charge in [0.25, 0.3) is 0 Å². The molecule has 1 N–H and O–H groups in total. The Labute approximate surface area is 135 Å². The lowest BCUT2D eigenvalue weighted by molar-refractivity contribution is -0.120. The Balaban J connectivity index is 1.52. The van der Waals surface area contributed by atoms with Gasteiger partial charge in [0, 0.05) is 16.5 Å². The van der Waals surface area contributed by atoms with Gasteiger partial charge in [0.2, 0.25) is 11.0 Å². The predicted molar refractivity (Wildman–Crippen MR) is 88.9 cm³/mol. The number of rotatable bonds is 5. The summed E-state index contributed by atoms with van der Waals surface area (Å²) in [6.07, 6.45) is 6.94. The molecule has 4 nitrogen and oxygen atoms in total. The third kappa shape index (κ3) is 4.15. The van der Waals surface area contributed by atoms with Gasteiger partial charge in [-0.25, -0.2) is 0 Å². The lowest BCUT2D eigenvalue weighted by Crippen LogP contribution is -2.23. The molecule has 1 aliphatic carbocycles. The van der Waals surface area contributed by atoms with Crippen LogP contribution < -0.4 is 5.32 Å². The molecule has 110 valence electrons. The van der Waals surface area contributed by atoms with Crippen molar-refractivity contribution >= 4 is 45.5 Å². The number of carbonyl (C=O) groups excluding carboxylic acids is 1. The molecule has 0 radical (unpaired) electrons. The van der Waals surface area contributed by atoms with Crippen LogP contribution in [0.15, 0.2) is 34.0 Å². The molecular formula is C14H15N3OS3. The molecule has 1 amide bonds. The smallest absolute Gasteiger partial charge is 0.229 e. The van der Waals surface area contributed by atoms with Crippen LogP contribution in [0.25, 0.3) is 0 Å². The minimum Gasteiger partial charge on any atom is -0.300 e. The Morgan fingerprint density at radius 3 is 3.14 bits per heavy atom. The second-order valence-electron chi connectivity index (χ2n) is 4.71. The van der Waals surface area contributed by atoms with E-state index in [2.05, 4.69) is 39.1 Å². The fourth-order valence-electron chi connectivity index (χ4n) is 2.09. The van der Waals surface area contributed by atoms with Crippen LogP contribution >= 0.6 is 34.4 Å². The van der Waals surface area contributed by atoms with E-state index in [0.29, 0.717) is 5.13 Å². The highest BCUT2D eigenvalue weighted by Gasteiger charge is 2.20. The Morgan fingerprint density at radius 2 is 2.38 bits per heavy atom. The molecule has 2 aromatic heterocycles. The highest BCUT2D eigenvalue weighted by atomic mass is 32.2.